The van der Waals surface area contributed by atoms with Gasteiger partial charge in [0.1, 0.15) is 5.75 Å². The molecule has 0 fully saturated rings. The molecule has 0 aliphatic rings. The van der Waals surface area contributed by atoms with Crippen LogP contribution in [0.2, 0.25) is 0 Å². The minimum Gasteiger partial charge on any atom is -0.496 e. The normalized spacial score (nSPS) is 10.4. The van der Waals surface area contributed by atoms with Crippen molar-refractivity contribution in [3.05, 3.63) is 65.2 Å². The molecule has 1 amide bonds. The molecule has 4 heteroatoms. The summed E-state index contributed by atoms with van der Waals surface area (Å²) in [6, 6.07) is 16.1. The smallest absolute Gasteiger partial charge is 0.232 e. The van der Waals surface area contributed by atoms with E-state index in [1.54, 1.807) is 23.8 Å². The van der Waals surface area contributed by atoms with E-state index < -0.39 is 0 Å². The van der Waals surface area contributed by atoms with Gasteiger partial charge in [-0.25, -0.2) is 0 Å². The van der Waals surface area contributed by atoms with Crippen LogP contribution in [-0.4, -0.2) is 30.7 Å². The summed E-state index contributed by atoms with van der Waals surface area (Å²) in [5, 5.41) is 0. The van der Waals surface area contributed by atoms with Gasteiger partial charge < -0.3 is 9.64 Å². The van der Waals surface area contributed by atoms with Gasteiger partial charge in [0, 0.05) is 24.9 Å². The maximum Gasteiger partial charge on any atom is 0.232 e. The van der Waals surface area contributed by atoms with Crippen LogP contribution in [-0.2, 0) is 17.1 Å². The highest BCUT2D eigenvalue weighted by Crippen LogP contribution is 2.20. The van der Waals surface area contributed by atoms with Gasteiger partial charge in [-0.15, -0.1) is 11.8 Å². The van der Waals surface area contributed by atoms with Gasteiger partial charge in [0.2, 0.25) is 5.91 Å². The molecule has 0 bridgehead atoms. The number of ether oxygens (including phenoxy) is 1. The number of aryl methyl sites for hydroxylation is 1. The lowest BCUT2D eigenvalue weighted by Gasteiger charge is -2.18. The van der Waals surface area contributed by atoms with Gasteiger partial charge in [-0.2, -0.15) is 0 Å². The Morgan fingerprint density at radius 1 is 1.09 bits per heavy atom. The van der Waals surface area contributed by atoms with E-state index in [9.17, 15) is 4.79 Å². The molecule has 0 radical (unpaired) electrons. The van der Waals surface area contributed by atoms with Crippen LogP contribution in [0.4, 0.5) is 0 Å². The fourth-order valence-corrected chi connectivity index (χ4v) is 3.35. The van der Waals surface area contributed by atoms with E-state index in [-0.39, 0.29) is 5.91 Å². The molecule has 0 spiro atoms. The van der Waals surface area contributed by atoms with Crippen molar-refractivity contribution in [2.45, 2.75) is 19.2 Å². The third kappa shape index (κ3) is 5.03. The summed E-state index contributed by atoms with van der Waals surface area (Å²) in [5.74, 6) is 2.30. The molecule has 0 unspecified atom stereocenters. The van der Waals surface area contributed by atoms with Crippen molar-refractivity contribution in [1.82, 2.24) is 4.90 Å². The first-order valence-corrected chi connectivity index (χ1v) is 8.75. The van der Waals surface area contributed by atoms with Crippen molar-refractivity contribution in [3.63, 3.8) is 0 Å². The molecule has 0 aliphatic heterocycles. The maximum absolute atomic E-state index is 12.3. The van der Waals surface area contributed by atoms with E-state index in [4.69, 9.17) is 4.74 Å². The Bertz CT molecular complexity index is 657. The third-order valence-corrected chi connectivity index (χ3v) is 4.74. The lowest BCUT2D eigenvalue weighted by molar-refractivity contribution is -0.127. The van der Waals surface area contributed by atoms with Crippen molar-refractivity contribution in [2.24, 2.45) is 0 Å². The van der Waals surface area contributed by atoms with Gasteiger partial charge >= 0.3 is 0 Å². The number of benzene rings is 2. The minimum atomic E-state index is 0.134. The first-order valence-electron chi connectivity index (χ1n) is 7.60. The first-order chi connectivity index (χ1) is 11.1. The van der Waals surface area contributed by atoms with E-state index in [1.165, 1.54) is 11.1 Å². The number of hydrogen-bond acceptors (Lipinski definition) is 3. The molecular weight excluding hydrogens is 306 g/mol. The molecule has 3 nitrogen and oxygen atoms in total. The van der Waals surface area contributed by atoms with Gasteiger partial charge in [0.25, 0.3) is 0 Å². The Hall–Kier alpha value is -1.94. The van der Waals surface area contributed by atoms with Crippen LogP contribution in [0.25, 0.3) is 0 Å². The molecular formula is C19H23NO2S. The van der Waals surface area contributed by atoms with Gasteiger partial charge in [0.05, 0.1) is 12.9 Å². The molecule has 0 aromatic heterocycles. The summed E-state index contributed by atoms with van der Waals surface area (Å²) >= 11 is 1.66. The number of hydrogen-bond donors (Lipinski definition) is 0. The SMILES string of the molecule is COc1ccccc1CN(C)C(=O)CSCc1ccccc1C. The fourth-order valence-electron chi connectivity index (χ4n) is 2.31. The molecule has 2 aromatic carbocycles. The number of amides is 1. The number of carbonyl (C=O) groups is 1. The molecule has 2 rings (SSSR count). The standard InChI is InChI=1S/C19H23NO2S/c1-15-8-4-5-10-17(15)13-23-14-19(21)20(2)12-16-9-6-7-11-18(16)22-3/h4-11H,12-14H2,1-3H3. The van der Waals surface area contributed by atoms with Crippen molar-refractivity contribution in [2.75, 3.05) is 19.9 Å². The number of nitrogens with zero attached hydrogens (tertiary/aromatic N) is 1. The summed E-state index contributed by atoms with van der Waals surface area (Å²) in [6.45, 7) is 2.67. The highest BCUT2D eigenvalue weighted by Gasteiger charge is 2.12. The molecule has 0 aliphatic carbocycles. The largest absolute Gasteiger partial charge is 0.496 e. The molecule has 122 valence electrons. The van der Waals surface area contributed by atoms with Crippen LogP contribution < -0.4 is 4.74 Å². The number of para-hydroxylation sites is 1. The van der Waals surface area contributed by atoms with E-state index in [1.807, 2.05) is 43.4 Å². The summed E-state index contributed by atoms with van der Waals surface area (Å²) in [6.07, 6.45) is 0. The van der Waals surface area contributed by atoms with Crippen LogP contribution in [0.15, 0.2) is 48.5 Å². The van der Waals surface area contributed by atoms with E-state index >= 15 is 0 Å². The highest BCUT2D eigenvalue weighted by atomic mass is 32.2. The minimum absolute atomic E-state index is 0.134. The average Bonchev–Trinajstić information content (AvgIpc) is 2.57. The number of rotatable bonds is 7. The zero-order valence-electron chi connectivity index (χ0n) is 13.9. The van der Waals surface area contributed by atoms with Gasteiger partial charge in [-0.3, -0.25) is 4.79 Å². The lowest BCUT2D eigenvalue weighted by atomic mass is 10.1. The molecule has 0 atom stereocenters. The zero-order valence-corrected chi connectivity index (χ0v) is 14.7. The average molecular weight is 329 g/mol. The topological polar surface area (TPSA) is 29.5 Å². The second kappa shape index (κ2) is 8.63. The maximum atomic E-state index is 12.3. The highest BCUT2D eigenvalue weighted by molar-refractivity contribution is 7.99. The summed E-state index contributed by atoms with van der Waals surface area (Å²) in [7, 11) is 3.49. The third-order valence-electron chi connectivity index (χ3n) is 3.77. The Balaban J connectivity index is 1.84. The van der Waals surface area contributed by atoms with Crippen molar-refractivity contribution < 1.29 is 9.53 Å². The van der Waals surface area contributed by atoms with Crippen LogP contribution in [0.5, 0.6) is 5.75 Å². The molecule has 0 saturated carbocycles. The predicted octanol–water partition coefficient (Wildman–Crippen LogP) is 3.90. The Morgan fingerprint density at radius 2 is 1.74 bits per heavy atom. The molecule has 23 heavy (non-hydrogen) atoms. The number of carbonyl (C=O) groups excluding carboxylic acids is 1. The summed E-state index contributed by atoms with van der Waals surface area (Å²) in [5.41, 5.74) is 3.59. The molecule has 0 heterocycles. The second-order valence-electron chi connectivity index (χ2n) is 5.48. The van der Waals surface area contributed by atoms with Crippen molar-refractivity contribution in [3.8, 4) is 5.75 Å². The van der Waals surface area contributed by atoms with Crippen LogP contribution >= 0.6 is 11.8 Å². The van der Waals surface area contributed by atoms with Crippen LogP contribution in [0.3, 0.4) is 0 Å². The Kier molecular flexibility index (Phi) is 6.53. The Morgan fingerprint density at radius 3 is 2.43 bits per heavy atom. The van der Waals surface area contributed by atoms with Crippen molar-refractivity contribution in [1.29, 1.82) is 0 Å². The lowest BCUT2D eigenvalue weighted by Crippen LogP contribution is -2.28. The molecule has 0 saturated heterocycles. The van der Waals surface area contributed by atoms with Crippen LogP contribution in [0.1, 0.15) is 16.7 Å². The monoisotopic (exact) mass is 329 g/mol. The van der Waals surface area contributed by atoms with Crippen LogP contribution in [0, 0.1) is 6.92 Å². The fraction of sp³-hybridized carbons (Fsp3) is 0.316. The van der Waals surface area contributed by atoms with E-state index in [0.717, 1.165) is 17.1 Å². The Labute approximate surface area is 142 Å². The summed E-state index contributed by atoms with van der Waals surface area (Å²) in [4.78, 5) is 14.0. The second-order valence-corrected chi connectivity index (χ2v) is 6.47. The zero-order chi connectivity index (χ0) is 16.7. The number of methoxy groups -OCH3 is 1. The van der Waals surface area contributed by atoms with Gasteiger partial charge in [-0.1, -0.05) is 42.5 Å². The van der Waals surface area contributed by atoms with Gasteiger partial charge in [-0.05, 0) is 24.1 Å². The van der Waals surface area contributed by atoms with E-state index in [2.05, 4.69) is 19.1 Å². The van der Waals surface area contributed by atoms with Crippen molar-refractivity contribution >= 4 is 17.7 Å². The van der Waals surface area contributed by atoms with E-state index in [0.29, 0.717) is 12.3 Å². The number of thioether (sulfide) groups is 1. The van der Waals surface area contributed by atoms with Gasteiger partial charge in [0.15, 0.2) is 0 Å². The molecule has 0 N–H and O–H groups in total. The molecule has 2 aromatic rings. The summed E-state index contributed by atoms with van der Waals surface area (Å²) < 4.78 is 5.33. The quantitative estimate of drug-likeness (QED) is 0.772. The predicted molar refractivity (Wildman–Crippen MR) is 96.8 cm³/mol. The first kappa shape index (κ1) is 17.4.